The maximum absolute atomic E-state index is 12.0. The summed E-state index contributed by atoms with van der Waals surface area (Å²) in [4.78, 5) is 16.0. The Morgan fingerprint density at radius 3 is 2.67 bits per heavy atom. The van der Waals surface area contributed by atoms with Crippen LogP contribution in [0.3, 0.4) is 0 Å². The van der Waals surface area contributed by atoms with E-state index in [4.69, 9.17) is 11.6 Å². The van der Waals surface area contributed by atoms with Crippen LogP contribution in [-0.4, -0.2) is 10.9 Å². The average Bonchev–Trinajstić information content (AvgIpc) is 2.34. The number of pyridine rings is 1. The number of amides is 1. The third-order valence-corrected chi connectivity index (χ3v) is 4.00. The monoisotopic (exact) mass is 388 g/mol. The summed E-state index contributed by atoms with van der Waals surface area (Å²) in [6.45, 7) is 0. The van der Waals surface area contributed by atoms with E-state index < -0.39 is 0 Å². The van der Waals surface area contributed by atoms with Crippen molar-refractivity contribution >= 4 is 55.1 Å². The minimum atomic E-state index is -0.281. The predicted octanol–water partition coefficient (Wildman–Crippen LogP) is 4.51. The van der Waals surface area contributed by atoms with Crippen LogP contribution in [0.15, 0.2) is 45.5 Å². The quantitative estimate of drug-likeness (QED) is 0.820. The van der Waals surface area contributed by atoms with Crippen molar-refractivity contribution in [1.29, 1.82) is 0 Å². The molecule has 0 aliphatic rings. The van der Waals surface area contributed by atoms with E-state index in [0.717, 1.165) is 4.47 Å². The standard InChI is InChI=1S/C12H7Br2ClN2O/c13-8-2-1-5-16-11(8)12(18)17-7-3-4-10(15)9(14)6-7/h1-6H,(H,17,18). The highest BCUT2D eigenvalue weighted by Crippen LogP contribution is 2.26. The van der Waals surface area contributed by atoms with E-state index in [-0.39, 0.29) is 5.91 Å². The van der Waals surface area contributed by atoms with Crippen LogP contribution in [0, 0.1) is 0 Å². The van der Waals surface area contributed by atoms with E-state index in [1.165, 1.54) is 0 Å². The normalized spacial score (nSPS) is 10.2. The molecule has 0 spiro atoms. The molecule has 2 aromatic rings. The fraction of sp³-hybridized carbons (Fsp3) is 0. The molecule has 92 valence electrons. The lowest BCUT2D eigenvalue weighted by Gasteiger charge is -2.06. The largest absolute Gasteiger partial charge is 0.321 e. The van der Waals surface area contributed by atoms with Gasteiger partial charge in [-0.05, 0) is 62.2 Å². The lowest BCUT2D eigenvalue weighted by atomic mass is 10.3. The van der Waals surface area contributed by atoms with Gasteiger partial charge in [-0.2, -0.15) is 0 Å². The summed E-state index contributed by atoms with van der Waals surface area (Å²) in [6, 6.07) is 8.67. The van der Waals surface area contributed by atoms with Gasteiger partial charge in [0, 0.05) is 20.8 Å². The molecule has 1 heterocycles. The number of carbonyl (C=O) groups excluding carboxylic acids is 1. The first-order chi connectivity index (χ1) is 8.58. The molecule has 1 aromatic heterocycles. The van der Waals surface area contributed by atoms with Crippen molar-refractivity contribution < 1.29 is 4.79 Å². The van der Waals surface area contributed by atoms with Gasteiger partial charge in [-0.25, -0.2) is 4.98 Å². The Hall–Kier alpha value is -0.910. The van der Waals surface area contributed by atoms with E-state index in [1.54, 1.807) is 36.5 Å². The van der Waals surface area contributed by atoms with Crippen molar-refractivity contribution in [2.24, 2.45) is 0 Å². The molecular weight excluding hydrogens is 383 g/mol. The molecule has 0 saturated carbocycles. The van der Waals surface area contributed by atoms with E-state index in [1.807, 2.05) is 0 Å². The molecule has 0 fully saturated rings. The van der Waals surface area contributed by atoms with E-state index in [0.29, 0.717) is 20.9 Å². The number of aromatic nitrogens is 1. The highest BCUT2D eigenvalue weighted by molar-refractivity contribution is 9.10. The molecule has 0 atom stereocenters. The Labute approximate surface area is 126 Å². The zero-order valence-electron chi connectivity index (χ0n) is 8.95. The molecule has 0 aliphatic carbocycles. The topological polar surface area (TPSA) is 42.0 Å². The van der Waals surface area contributed by atoms with Crippen LogP contribution < -0.4 is 5.32 Å². The van der Waals surface area contributed by atoms with Gasteiger partial charge >= 0.3 is 0 Å². The number of hydrogen-bond acceptors (Lipinski definition) is 2. The fourth-order valence-corrected chi connectivity index (χ4v) is 2.25. The fourth-order valence-electron chi connectivity index (χ4n) is 1.32. The summed E-state index contributed by atoms with van der Waals surface area (Å²) in [5, 5.41) is 3.34. The summed E-state index contributed by atoms with van der Waals surface area (Å²) in [6.07, 6.45) is 1.57. The van der Waals surface area contributed by atoms with Crippen molar-refractivity contribution in [2.75, 3.05) is 5.32 Å². The zero-order valence-corrected chi connectivity index (χ0v) is 12.9. The van der Waals surface area contributed by atoms with Crippen LogP contribution in [0.5, 0.6) is 0 Å². The molecule has 3 nitrogen and oxygen atoms in total. The van der Waals surface area contributed by atoms with Gasteiger partial charge in [-0.1, -0.05) is 11.6 Å². The maximum Gasteiger partial charge on any atom is 0.275 e. The molecule has 0 saturated heterocycles. The molecule has 0 bridgehead atoms. The molecule has 1 N–H and O–H groups in total. The summed E-state index contributed by atoms with van der Waals surface area (Å²) in [5.74, 6) is -0.281. The Morgan fingerprint density at radius 1 is 1.22 bits per heavy atom. The van der Waals surface area contributed by atoms with Gasteiger partial charge in [-0.3, -0.25) is 4.79 Å². The lowest BCUT2D eigenvalue weighted by Crippen LogP contribution is -2.14. The van der Waals surface area contributed by atoms with Gasteiger partial charge < -0.3 is 5.32 Å². The first-order valence-corrected chi connectivity index (χ1v) is 6.91. The molecule has 1 amide bonds. The van der Waals surface area contributed by atoms with Gasteiger partial charge in [0.25, 0.3) is 5.91 Å². The highest BCUT2D eigenvalue weighted by atomic mass is 79.9. The number of anilines is 1. The van der Waals surface area contributed by atoms with Crippen LogP contribution in [0.1, 0.15) is 10.5 Å². The summed E-state index contributed by atoms with van der Waals surface area (Å²) in [7, 11) is 0. The molecule has 1 aromatic carbocycles. The number of carbonyl (C=O) groups is 1. The molecule has 0 unspecified atom stereocenters. The molecular formula is C12H7Br2ClN2O. The van der Waals surface area contributed by atoms with Gasteiger partial charge in [-0.15, -0.1) is 0 Å². The summed E-state index contributed by atoms with van der Waals surface area (Å²) in [5.41, 5.74) is 0.984. The predicted molar refractivity (Wildman–Crippen MR) is 79.0 cm³/mol. The molecule has 0 radical (unpaired) electrons. The van der Waals surface area contributed by atoms with E-state index in [9.17, 15) is 4.79 Å². The van der Waals surface area contributed by atoms with E-state index in [2.05, 4.69) is 42.2 Å². The van der Waals surface area contributed by atoms with Crippen LogP contribution >= 0.6 is 43.5 Å². The number of nitrogens with one attached hydrogen (secondary N) is 1. The second-order valence-electron chi connectivity index (χ2n) is 3.42. The number of rotatable bonds is 2. The zero-order chi connectivity index (χ0) is 13.1. The third kappa shape index (κ3) is 3.10. The van der Waals surface area contributed by atoms with Crippen molar-refractivity contribution in [3.63, 3.8) is 0 Å². The number of benzene rings is 1. The summed E-state index contributed by atoms with van der Waals surface area (Å²) < 4.78 is 1.37. The Morgan fingerprint density at radius 2 is 2.00 bits per heavy atom. The Kier molecular flexibility index (Phi) is 4.37. The molecule has 6 heteroatoms. The number of hydrogen-bond donors (Lipinski definition) is 1. The Balaban J connectivity index is 2.22. The van der Waals surface area contributed by atoms with E-state index >= 15 is 0 Å². The van der Waals surface area contributed by atoms with Crippen molar-refractivity contribution in [2.45, 2.75) is 0 Å². The van der Waals surface area contributed by atoms with Gasteiger partial charge in [0.05, 0.1) is 5.02 Å². The minimum absolute atomic E-state index is 0.281. The van der Waals surface area contributed by atoms with Crippen molar-refractivity contribution in [3.8, 4) is 0 Å². The Bertz CT molecular complexity index is 604. The van der Waals surface area contributed by atoms with Crippen LogP contribution in [-0.2, 0) is 0 Å². The van der Waals surface area contributed by atoms with Gasteiger partial charge in [0.15, 0.2) is 0 Å². The first-order valence-electron chi connectivity index (χ1n) is 4.95. The highest BCUT2D eigenvalue weighted by Gasteiger charge is 2.11. The number of nitrogens with zero attached hydrogens (tertiary/aromatic N) is 1. The molecule has 18 heavy (non-hydrogen) atoms. The SMILES string of the molecule is O=C(Nc1ccc(Cl)c(Br)c1)c1ncccc1Br. The smallest absolute Gasteiger partial charge is 0.275 e. The minimum Gasteiger partial charge on any atom is -0.321 e. The summed E-state index contributed by atoms with van der Waals surface area (Å²) >= 11 is 12.5. The maximum atomic E-state index is 12.0. The van der Waals surface area contributed by atoms with Crippen molar-refractivity contribution in [3.05, 3.63) is 56.2 Å². The van der Waals surface area contributed by atoms with Gasteiger partial charge in [0.1, 0.15) is 5.69 Å². The number of halogens is 3. The van der Waals surface area contributed by atoms with Crippen LogP contribution in [0.2, 0.25) is 5.02 Å². The molecule has 2 rings (SSSR count). The van der Waals surface area contributed by atoms with Crippen molar-refractivity contribution in [1.82, 2.24) is 4.98 Å². The lowest BCUT2D eigenvalue weighted by molar-refractivity contribution is 0.102. The van der Waals surface area contributed by atoms with Crippen LogP contribution in [0.4, 0.5) is 5.69 Å². The average molecular weight is 390 g/mol. The second kappa shape index (κ2) is 5.82. The van der Waals surface area contributed by atoms with Gasteiger partial charge in [0.2, 0.25) is 0 Å². The first kappa shape index (κ1) is 13.5. The molecule has 0 aliphatic heterocycles. The second-order valence-corrected chi connectivity index (χ2v) is 5.53. The third-order valence-electron chi connectivity index (χ3n) is 2.15. The van der Waals surface area contributed by atoms with Crippen LogP contribution in [0.25, 0.3) is 0 Å².